The molecule has 4 nitrogen and oxygen atoms in total. The lowest BCUT2D eigenvalue weighted by atomic mass is 9.97. The van der Waals surface area contributed by atoms with E-state index in [1.807, 2.05) is 25.1 Å². The molecule has 5 N–H and O–H groups in total. The van der Waals surface area contributed by atoms with E-state index < -0.39 is 0 Å². The lowest BCUT2D eigenvalue weighted by Gasteiger charge is -2.25. The average molecular weight is 354 g/mol. The Morgan fingerprint density at radius 2 is 2.08 bits per heavy atom. The molecule has 2 aliphatic heterocycles. The number of rotatable bonds is 4. The van der Waals surface area contributed by atoms with Crippen LogP contribution in [0.3, 0.4) is 0 Å². The fraction of sp³-hybridized carbons (Fsp3) is 0.333. The molecule has 0 bridgehead atoms. The summed E-state index contributed by atoms with van der Waals surface area (Å²) < 4.78 is 14.7. The van der Waals surface area contributed by atoms with E-state index in [0.717, 1.165) is 47.6 Å². The highest BCUT2D eigenvalue weighted by molar-refractivity contribution is 5.80. The topological polar surface area (TPSA) is 62.1 Å². The van der Waals surface area contributed by atoms with Gasteiger partial charge in [0.15, 0.2) is 0 Å². The van der Waals surface area contributed by atoms with E-state index in [0.29, 0.717) is 23.7 Å². The first-order valence-electron chi connectivity index (χ1n) is 9.09. The van der Waals surface area contributed by atoms with Gasteiger partial charge in [0.25, 0.3) is 0 Å². The summed E-state index contributed by atoms with van der Waals surface area (Å²) in [7, 11) is 0. The molecular formula is C21H27FN4. The minimum absolute atomic E-state index is 0.161. The summed E-state index contributed by atoms with van der Waals surface area (Å²) in [5, 5.41) is 12.0. The van der Waals surface area contributed by atoms with Crippen molar-refractivity contribution < 1.29 is 4.39 Å². The minimum Gasteiger partial charge on any atom is -0.404 e. The van der Waals surface area contributed by atoms with Gasteiger partial charge in [-0.15, -0.1) is 0 Å². The lowest BCUT2D eigenvalue weighted by Crippen LogP contribution is -2.38. The molecule has 0 aromatic heterocycles. The monoisotopic (exact) mass is 354 g/mol. The molecule has 3 rings (SSSR count). The van der Waals surface area contributed by atoms with Crippen LogP contribution in [0.2, 0.25) is 0 Å². The number of halogens is 1. The van der Waals surface area contributed by atoms with Crippen molar-refractivity contribution >= 4 is 23.5 Å². The van der Waals surface area contributed by atoms with Gasteiger partial charge in [0.2, 0.25) is 0 Å². The maximum absolute atomic E-state index is 14.7. The third-order valence-electron chi connectivity index (χ3n) is 4.91. The maximum atomic E-state index is 14.7. The molecule has 1 saturated heterocycles. The zero-order valence-corrected chi connectivity index (χ0v) is 15.2. The number of nitrogens with two attached hydrogens (primary N) is 1. The van der Waals surface area contributed by atoms with Crippen LogP contribution >= 0.6 is 0 Å². The molecule has 0 spiro atoms. The second kappa shape index (κ2) is 8.23. The number of dihydropyridines is 1. The second-order valence-corrected chi connectivity index (χ2v) is 6.80. The van der Waals surface area contributed by atoms with Gasteiger partial charge in [0.05, 0.1) is 0 Å². The summed E-state index contributed by atoms with van der Waals surface area (Å²) in [5.41, 5.74) is 8.96. The maximum Gasteiger partial charge on any atom is 0.133 e. The molecule has 0 unspecified atom stereocenters. The Labute approximate surface area is 154 Å². The summed E-state index contributed by atoms with van der Waals surface area (Å²) in [5.74, 6) is -0.161. The van der Waals surface area contributed by atoms with Crippen LogP contribution in [0.1, 0.15) is 25.3 Å². The van der Waals surface area contributed by atoms with Crippen LogP contribution < -0.4 is 32.1 Å². The molecule has 138 valence electrons. The van der Waals surface area contributed by atoms with E-state index in [4.69, 9.17) is 5.73 Å². The third kappa shape index (κ3) is 3.83. The summed E-state index contributed by atoms with van der Waals surface area (Å²) in [6.45, 7) is 8.13. The Bertz CT molecular complexity index is 861. The molecule has 0 amide bonds. The molecule has 2 heterocycles. The van der Waals surface area contributed by atoms with Crippen molar-refractivity contribution in [2.75, 3.05) is 25.0 Å². The zero-order valence-electron chi connectivity index (χ0n) is 15.2. The molecule has 1 aromatic carbocycles. The van der Waals surface area contributed by atoms with E-state index >= 15 is 0 Å². The van der Waals surface area contributed by atoms with Gasteiger partial charge >= 0.3 is 0 Å². The number of nitrogens with one attached hydrogen (secondary N) is 3. The normalized spacial score (nSPS) is 20.0. The van der Waals surface area contributed by atoms with Crippen LogP contribution in [-0.4, -0.2) is 25.7 Å². The first-order chi connectivity index (χ1) is 12.6. The molecule has 1 aromatic rings. The highest BCUT2D eigenvalue weighted by atomic mass is 19.1. The standard InChI is InChI=1S/C21H27FN4/c1-3-4-15-9-16(19-13-25-12-14(2)21(19)22)10-20(18(15)11-23)26-17-5-7-24-8-6-17/h3-4,9-11,13,17,24-26H,1,5-8,12,23H2,2H3/b15-4-,18-11+. The molecule has 5 heteroatoms. The Kier molecular flexibility index (Phi) is 5.78. The molecule has 1 fully saturated rings. The number of hydrogen-bond donors (Lipinski definition) is 4. The number of benzene rings is 1. The van der Waals surface area contributed by atoms with E-state index in [1.54, 1.807) is 18.5 Å². The molecular weight excluding hydrogens is 327 g/mol. The summed E-state index contributed by atoms with van der Waals surface area (Å²) in [6.07, 6.45) is 9.08. The highest BCUT2D eigenvalue weighted by Crippen LogP contribution is 2.28. The van der Waals surface area contributed by atoms with E-state index in [-0.39, 0.29) is 5.83 Å². The quantitative estimate of drug-likeness (QED) is 0.665. The van der Waals surface area contributed by atoms with Gasteiger partial charge in [-0.05, 0) is 61.3 Å². The van der Waals surface area contributed by atoms with Gasteiger partial charge in [-0.1, -0.05) is 18.7 Å². The lowest BCUT2D eigenvalue weighted by molar-refractivity contribution is 0.479. The van der Waals surface area contributed by atoms with Crippen molar-refractivity contribution in [1.29, 1.82) is 0 Å². The van der Waals surface area contributed by atoms with Crippen LogP contribution in [0.15, 0.2) is 42.4 Å². The van der Waals surface area contributed by atoms with Crippen molar-refractivity contribution in [1.82, 2.24) is 10.6 Å². The Balaban J connectivity index is 2.10. The molecule has 0 saturated carbocycles. The van der Waals surface area contributed by atoms with Crippen LogP contribution in [0.5, 0.6) is 0 Å². The zero-order chi connectivity index (χ0) is 18.5. The number of piperidine rings is 1. The fourth-order valence-corrected chi connectivity index (χ4v) is 3.47. The number of anilines is 1. The SMILES string of the molecule is C=C/C=c1/cc(C2=CNCC(C)=C2F)cc(NC2CCNCC2)/c1=C/N. The van der Waals surface area contributed by atoms with Gasteiger partial charge in [-0.2, -0.15) is 0 Å². The van der Waals surface area contributed by atoms with Gasteiger partial charge in [0.1, 0.15) is 5.83 Å². The fourth-order valence-electron chi connectivity index (χ4n) is 3.47. The third-order valence-corrected chi connectivity index (χ3v) is 4.91. The van der Waals surface area contributed by atoms with Crippen LogP contribution in [-0.2, 0) is 0 Å². The van der Waals surface area contributed by atoms with Gasteiger partial charge in [0, 0.05) is 41.5 Å². The smallest absolute Gasteiger partial charge is 0.133 e. The predicted octanol–water partition coefficient (Wildman–Crippen LogP) is 1.70. The Morgan fingerprint density at radius 3 is 2.77 bits per heavy atom. The van der Waals surface area contributed by atoms with Gasteiger partial charge in [-0.25, -0.2) is 4.39 Å². The minimum atomic E-state index is -0.161. The van der Waals surface area contributed by atoms with Crippen molar-refractivity contribution in [3.05, 3.63) is 58.4 Å². The van der Waals surface area contributed by atoms with Crippen molar-refractivity contribution in [3.8, 4) is 0 Å². The second-order valence-electron chi connectivity index (χ2n) is 6.80. The predicted molar refractivity (Wildman–Crippen MR) is 108 cm³/mol. The number of hydrogen-bond acceptors (Lipinski definition) is 4. The van der Waals surface area contributed by atoms with Crippen LogP contribution in [0.4, 0.5) is 10.1 Å². The van der Waals surface area contributed by atoms with Crippen molar-refractivity contribution in [3.63, 3.8) is 0 Å². The Hall–Kier alpha value is -2.53. The summed E-state index contributed by atoms with van der Waals surface area (Å²) >= 11 is 0. The van der Waals surface area contributed by atoms with Crippen LogP contribution in [0, 0.1) is 0 Å². The van der Waals surface area contributed by atoms with Gasteiger partial charge in [-0.3, -0.25) is 0 Å². The van der Waals surface area contributed by atoms with E-state index in [9.17, 15) is 4.39 Å². The number of allylic oxidation sites excluding steroid dienone is 3. The van der Waals surface area contributed by atoms with E-state index in [1.165, 1.54) is 0 Å². The molecule has 2 aliphatic rings. The molecule has 0 radical (unpaired) electrons. The Morgan fingerprint density at radius 1 is 1.31 bits per heavy atom. The first kappa shape index (κ1) is 18.3. The molecule has 0 aliphatic carbocycles. The summed E-state index contributed by atoms with van der Waals surface area (Å²) in [4.78, 5) is 0. The van der Waals surface area contributed by atoms with E-state index in [2.05, 4.69) is 22.5 Å². The van der Waals surface area contributed by atoms with Crippen molar-refractivity contribution in [2.45, 2.75) is 25.8 Å². The highest BCUT2D eigenvalue weighted by Gasteiger charge is 2.18. The van der Waals surface area contributed by atoms with Crippen molar-refractivity contribution in [2.24, 2.45) is 5.73 Å². The summed E-state index contributed by atoms with van der Waals surface area (Å²) in [6, 6.07) is 4.33. The molecule has 26 heavy (non-hydrogen) atoms. The van der Waals surface area contributed by atoms with Gasteiger partial charge < -0.3 is 21.7 Å². The largest absolute Gasteiger partial charge is 0.404 e. The van der Waals surface area contributed by atoms with Crippen LogP contribution in [0.25, 0.3) is 17.8 Å². The first-order valence-corrected chi connectivity index (χ1v) is 9.09. The average Bonchev–Trinajstić information content (AvgIpc) is 2.65. The molecule has 0 atom stereocenters.